The van der Waals surface area contributed by atoms with E-state index in [1.54, 1.807) is 0 Å². The van der Waals surface area contributed by atoms with Gasteiger partial charge in [0.05, 0.1) is 11.4 Å². The quantitative estimate of drug-likeness (QED) is 0.751. The predicted octanol–water partition coefficient (Wildman–Crippen LogP) is 2.09. The maximum absolute atomic E-state index is 9.13. The topological polar surface area (TPSA) is 81.7 Å². The molecule has 0 atom stereocenters. The van der Waals surface area contributed by atoms with Crippen molar-refractivity contribution in [2.24, 2.45) is 0 Å². The molecule has 0 unspecified atom stereocenters. The Morgan fingerprint density at radius 2 is 2.00 bits per heavy atom. The van der Waals surface area contributed by atoms with E-state index in [4.69, 9.17) is 10.1 Å². The minimum Gasteiger partial charge on any atom is -0.396 e. The van der Waals surface area contributed by atoms with Crippen LogP contribution in [0, 0.1) is 6.92 Å². The monoisotopic (exact) mass is 324 g/mol. The lowest BCUT2D eigenvalue weighted by Crippen LogP contribution is -2.06. The Balaban J connectivity index is 1.74. The first-order valence-corrected chi connectivity index (χ1v) is 8.31. The van der Waals surface area contributed by atoms with Gasteiger partial charge in [-0.3, -0.25) is 0 Å². The van der Waals surface area contributed by atoms with Crippen LogP contribution in [0.4, 0.5) is 0 Å². The van der Waals surface area contributed by atoms with E-state index < -0.39 is 0 Å². The Hall–Kier alpha value is -2.54. The van der Waals surface area contributed by atoms with Crippen LogP contribution < -0.4 is 0 Å². The maximum Gasteiger partial charge on any atom is 0.180 e. The highest BCUT2D eigenvalue weighted by molar-refractivity contribution is 5.54. The molecule has 0 spiro atoms. The predicted molar refractivity (Wildman–Crippen MR) is 88.8 cm³/mol. The van der Waals surface area contributed by atoms with E-state index in [-0.39, 0.29) is 6.61 Å². The number of rotatable bonds is 6. The van der Waals surface area contributed by atoms with E-state index in [2.05, 4.69) is 15.4 Å². The van der Waals surface area contributed by atoms with Crippen LogP contribution in [-0.4, -0.2) is 41.5 Å². The van der Waals surface area contributed by atoms with Crippen molar-refractivity contribution in [2.75, 3.05) is 6.61 Å². The van der Waals surface area contributed by atoms with E-state index in [9.17, 15) is 0 Å². The van der Waals surface area contributed by atoms with E-state index in [1.165, 1.54) is 0 Å². The van der Waals surface area contributed by atoms with Gasteiger partial charge in [0.2, 0.25) is 0 Å². The largest absolute Gasteiger partial charge is 0.396 e. The van der Waals surface area contributed by atoms with Crippen molar-refractivity contribution in [3.05, 3.63) is 41.9 Å². The Kier molecular flexibility index (Phi) is 3.86. The van der Waals surface area contributed by atoms with Gasteiger partial charge in [0.25, 0.3) is 0 Å². The Labute approximate surface area is 140 Å². The standard InChI is InChI=1S/C17H20N6O/c1-12-15(19-21-23(12)14-6-3-2-4-7-14)17-18-16(13-8-9-13)20-22(17)10-5-11-24/h2-4,6-7,13,24H,5,8-11H2,1H3. The third kappa shape index (κ3) is 2.71. The fraction of sp³-hybridized carbons (Fsp3) is 0.412. The van der Waals surface area contributed by atoms with Gasteiger partial charge in [-0.15, -0.1) is 5.10 Å². The first-order chi connectivity index (χ1) is 11.8. The molecule has 7 heteroatoms. The lowest BCUT2D eigenvalue weighted by atomic mass is 10.3. The molecule has 1 saturated carbocycles. The summed E-state index contributed by atoms with van der Waals surface area (Å²) in [5.41, 5.74) is 2.65. The summed E-state index contributed by atoms with van der Waals surface area (Å²) in [6.45, 7) is 2.75. The molecule has 7 nitrogen and oxygen atoms in total. The molecule has 0 saturated heterocycles. The highest BCUT2D eigenvalue weighted by atomic mass is 16.3. The summed E-state index contributed by atoms with van der Waals surface area (Å²) in [5, 5.41) is 22.4. The van der Waals surface area contributed by atoms with Gasteiger partial charge in [0, 0.05) is 19.1 Å². The smallest absolute Gasteiger partial charge is 0.180 e. The molecule has 2 aromatic heterocycles. The SMILES string of the molecule is Cc1c(-c2nc(C3CC3)nn2CCCO)nnn1-c1ccccc1. The highest BCUT2D eigenvalue weighted by Gasteiger charge is 2.30. The second-order valence-corrected chi connectivity index (χ2v) is 6.14. The summed E-state index contributed by atoms with van der Waals surface area (Å²) in [7, 11) is 0. The first-order valence-electron chi connectivity index (χ1n) is 8.31. The first kappa shape index (κ1) is 15.0. The zero-order chi connectivity index (χ0) is 16.5. The van der Waals surface area contributed by atoms with E-state index in [1.807, 2.05) is 46.6 Å². The summed E-state index contributed by atoms with van der Waals surface area (Å²) in [6, 6.07) is 9.93. The van der Waals surface area contributed by atoms with Crippen LogP contribution in [0.5, 0.6) is 0 Å². The minimum absolute atomic E-state index is 0.133. The second-order valence-electron chi connectivity index (χ2n) is 6.14. The van der Waals surface area contributed by atoms with Gasteiger partial charge in [-0.1, -0.05) is 23.4 Å². The summed E-state index contributed by atoms with van der Waals surface area (Å²) >= 11 is 0. The molecule has 0 radical (unpaired) electrons. The molecule has 1 aromatic carbocycles. The number of nitrogens with zero attached hydrogens (tertiary/aromatic N) is 6. The normalized spacial score (nSPS) is 14.2. The molecule has 2 heterocycles. The number of hydrogen-bond acceptors (Lipinski definition) is 5. The summed E-state index contributed by atoms with van der Waals surface area (Å²) in [5.74, 6) is 2.10. The van der Waals surface area contributed by atoms with E-state index in [0.29, 0.717) is 18.9 Å². The molecule has 1 aliphatic carbocycles. The van der Waals surface area contributed by atoms with Crippen molar-refractivity contribution >= 4 is 0 Å². The highest BCUT2D eigenvalue weighted by Crippen LogP contribution is 2.39. The third-order valence-electron chi connectivity index (χ3n) is 4.27. The van der Waals surface area contributed by atoms with Gasteiger partial charge in [-0.25, -0.2) is 14.3 Å². The molecule has 1 aliphatic rings. The van der Waals surface area contributed by atoms with Gasteiger partial charge in [-0.05, 0) is 38.3 Å². The van der Waals surface area contributed by atoms with Crippen LogP contribution in [0.1, 0.15) is 36.7 Å². The van der Waals surface area contributed by atoms with Gasteiger partial charge in [0.1, 0.15) is 0 Å². The number of para-hydroxylation sites is 1. The zero-order valence-corrected chi connectivity index (χ0v) is 13.6. The fourth-order valence-corrected chi connectivity index (χ4v) is 2.78. The molecule has 3 aromatic rings. The van der Waals surface area contributed by atoms with Crippen molar-refractivity contribution in [3.63, 3.8) is 0 Å². The number of aromatic nitrogens is 6. The molecule has 24 heavy (non-hydrogen) atoms. The van der Waals surface area contributed by atoms with Crippen LogP contribution in [0.25, 0.3) is 17.2 Å². The number of aliphatic hydroxyl groups excluding tert-OH is 1. The average molecular weight is 324 g/mol. The third-order valence-corrected chi connectivity index (χ3v) is 4.27. The minimum atomic E-state index is 0.133. The van der Waals surface area contributed by atoms with Crippen molar-refractivity contribution in [1.29, 1.82) is 0 Å². The Bertz CT molecular complexity index is 834. The van der Waals surface area contributed by atoms with Crippen LogP contribution in [0.2, 0.25) is 0 Å². The van der Waals surface area contributed by atoms with Crippen molar-refractivity contribution in [3.8, 4) is 17.2 Å². The van der Waals surface area contributed by atoms with Crippen LogP contribution in [0.3, 0.4) is 0 Å². The van der Waals surface area contributed by atoms with E-state index in [0.717, 1.165) is 41.6 Å². The summed E-state index contributed by atoms with van der Waals surface area (Å²) < 4.78 is 3.67. The maximum atomic E-state index is 9.13. The Morgan fingerprint density at radius 1 is 1.21 bits per heavy atom. The average Bonchev–Trinajstić information content (AvgIpc) is 3.27. The molecule has 1 fully saturated rings. The number of hydrogen-bond donors (Lipinski definition) is 1. The molecule has 124 valence electrons. The lowest BCUT2D eigenvalue weighted by Gasteiger charge is -2.04. The number of aryl methyl sites for hydroxylation is 1. The molecule has 0 amide bonds. The second kappa shape index (κ2) is 6.16. The summed E-state index contributed by atoms with van der Waals surface area (Å²) in [6.07, 6.45) is 2.95. The molecular weight excluding hydrogens is 304 g/mol. The van der Waals surface area contributed by atoms with Crippen LogP contribution in [0.15, 0.2) is 30.3 Å². The van der Waals surface area contributed by atoms with Gasteiger partial charge in [0.15, 0.2) is 17.3 Å². The van der Waals surface area contributed by atoms with Crippen molar-refractivity contribution in [2.45, 2.75) is 38.6 Å². The fourth-order valence-electron chi connectivity index (χ4n) is 2.78. The summed E-state index contributed by atoms with van der Waals surface area (Å²) in [4.78, 5) is 4.72. The zero-order valence-electron chi connectivity index (χ0n) is 13.6. The lowest BCUT2D eigenvalue weighted by molar-refractivity contribution is 0.277. The van der Waals surface area contributed by atoms with E-state index >= 15 is 0 Å². The molecule has 0 bridgehead atoms. The number of aliphatic hydroxyl groups is 1. The molecule has 0 aliphatic heterocycles. The Morgan fingerprint density at radius 3 is 2.71 bits per heavy atom. The number of benzene rings is 1. The molecule has 4 rings (SSSR count). The van der Waals surface area contributed by atoms with Crippen LogP contribution >= 0.6 is 0 Å². The van der Waals surface area contributed by atoms with Crippen molar-refractivity contribution < 1.29 is 5.11 Å². The van der Waals surface area contributed by atoms with Gasteiger partial charge >= 0.3 is 0 Å². The van der Waals surface area contributed by atoms with Crippen molar-refractivity contribution in [1.82, 2.24) is 29.8 Å². The van der Waals surface area contributed by atoms with Crippen LogP contribution in [-0.2, 0) is 6.54 Å². The molecule has 1 N–H and O–H groups in total. The van der Waals surface area contributed by atoms with Gasteiger partial charge < -0.3 is 5.11 Å². The van der Waals surface area contributed by atoms with Gasteiger partial charge in [-0.2, -0.15) is 5.10 Å². The molecular formula is C17H20N6O.